The summed E-state index contributed by atoms with van der Waals surface area (Å²) in [6.45, 7) is 12.0. The second-order valence-electron chi connectivity index (χ2n) is 14.3. The number of allylic oxidation sites excluding steroid dienone is 2. The molecule has 5 rings (SSSR count). The van der Waals surface area contributed by atoms with Crippen LogP contribution in [0.25, 0.3) is 0 Å². The van der Waals surface area contributed by atoms with Crippen molar-refractivity contribution >= 4 is 29.6 Å². The molecule has 13 heteroatoms. The maximum absolute atomic E-state index is 12.6. The van der Waals surface area contributed by atoms with E-state index in [1.54, 1.807) is 10.9 Å². The van der Waals surface area contributed by atoms with Gasteiger partial charge in [0.1, 0.15) is 24.3 Å². The van der Waals surface area contributed by atoms with Gasteiger partial charge >= 0.3 is 12.3 Å². The highest BCUT2D eigenvalue weighted by Crippen LogP contribution is 2.61. The molecule has 0 saturated heterocycles. The number of anilines is 1. The van der Waals surface area contributed by atoms with Crippen LogP contribution in [0.4, 0.5) is 18.9 Å². The van der Waals surface area contributed by atoms with Crippen molar-refractivity contribution in [3.8, 4) is 5.75 Å². The van der Waals surface area contributed by atoms with Crippen LogP contribution in [-0.2, 0) is 32.3 Å². The SMILES string of the molecule is C=C1CC[C@H]2C(C)(C)CCC[C@]2(C)[C@H]1C/C=C(/C=O)CC(=O)OCc1cn(CCCCN2C(=O)C(=O)c3cc(OC(F)(F)F)ccc32)nn1. The lowest BCUT2D eigenvalue weighted by atomic mass is 9.47. The van der Waals surface area contributed by atoms with Crippen molar-refractivity contribution in [2.75, 3.05) is 11.4 Å². The summed E-state index contributed by atoms with van der Waals surface area (Å²) < 4.78 is 48.5. The molecule has 0 unspecified atom stereocenters. The number of carbonyl (C=O) groups excluding carboxylic acids is 4. The minimum absolute atomic E-state index is 0.111. The molecule has 1 aromatic heterocycles. The number of esters is 1. The molecule has 0 radical (unpaired) electrons. The lowest BCUT2D eigenvalue weighted by Crippen LogP contribution is -2.49. The Morgan fingerprint density at radius 2 is 1.90 bits per heavy atom. The van der Waals surface area contributed by atoms with E-state index < -0.39 is 29.8 Å². The second kappa shape index (κ2) is 14.3. The minimum atomic E-state index is -4.92. The van der Waals surface area contributed by atoms with Crippen molar-refractivity contribution in [2.24, 2.45) is 22.7 Å². The van der Waals surface area contributed by atoms with Gasteiger partial charge in [0, 0.05) is 13.1 Å². The van der Waals surface area contributed by atoms with Crippen molar-refractivity contribution in [3.05, 3.63) is 59.5 Å². The van der Waals surface area contributed by atoms with E-state index in [4.69, 9.17) is 4.74 Å². The number of unbranched alkanes of at least 4 members (excludes halogenated alkanes) is 1. The third-order valence-corrected chi connectivity index (χ3v) is 10.6. The Morgan fingerprint density at radius 1 is 1.14 bits per heavy atom. The van der Waals surface area contributed by atoms with Crippen LogP contribution >= 0.6 is 0 Å². The molecule has 2 aliphatic carbocycles. The number of Topliss-reactive ketones (excluding diaryl/α,β-unsaturated/α-hetero) is 1. The van der Waals surface area contributed by atoms with Crippen molar-refractivity contribution < 1.29 is 41.8 Å². The first kappa shape index (κ1) is 36.0. The molecule has 0 spiro atoms. The number of fused-ring (bicyclic) bond motifs is 2. The molecule has 0 N–H and O–H groups in total. The molecule has 2 heterocycles. The topological polar surface area (TPSA) is 121 Å². The smallest absolute Gasteiger partial charge is 0.459 e. The standard InChI is InChI=1S/C36H43F3N4O6/c1-23-8-13-30-34(2,3)14-7-15-35(30,4)28(23)11-9-24(21-44)18-31(45)48-22-25-20-42(41-40-25)16-5-6-17-43-29-12-10-26(49-36(37,38)39)19-27(29)32(46)33(43)47/h9-10,12,19-21,28,30H,1,5-8,11,13-18,22H2,2-4H3/b24-9+/t28-,30-,35+/m0/s1. The number of hydrogen-bond donors (Lipinski definition) is 0. The molecule has 2 fully saturated rings. The lowest BCUT2D eigenvalue weighted by molar-refractivity contribution is -0.274. The van der Waals surface area contributed by atoms with Gasteiger partial charge in [-0.25, -0.2) is 0 Å². The summed E-state index contributed by atoms with van der Waals surface area (Å²) in [6.07, 6.45) is 6.53. The zero-order valence-electron chi connectivity index (χ0n) is 28.2. The number of rotatable bonds is 13. The fourth-order valence-corrected chi connectivity index (χ4v) is 8.27. The number of carbonyl (C=O) groups is 4. The van der Waals surface area contributed by atoms with E-state index in [2.05, 4.69) is 42.4 Å². The third kappa shape index (κ3) is 8.13. The largest absolute Gasteiger partial charge is 0.573 e. The molecule has 2 saturated carbocycles. The predicted molar refractivity (Wildman–Crippen MR) is 173 cm³/mol. The monoisotopic (exact) mass is 684 g/mol. The number of ketones is 1. The Kier molecular flexibility index (Phi) is 10.5. The summed E-state index contributed by atoms with van der Waals surface area (Å²) in [5.41, 5.74) is 2.53. The number of benzene rings is 1. The summed E-state index contributed by atoms with van der Waals surface area (Å²) in [4.78, 5) is 50.6. The van der Waals surface area contributed by atoms with Gasteiger partial charge in [-0.1, -0.05) is 50.6 Å². The summed E-state index contributed by atoms with van der Waals surface area (Å²) >= 11 is 0. The first-order valence-corrected chi connectivity index (χ1v) is 16.7. The van der Waals surface area contributed by atoms with Crippen LogP contribution in [0.1, 0.15) is 94.6 Å². The molecule has 49 heavy (non-hydrogen) atoms. The highest BCUT2D eigenvalue weighted by Gasteiger charge is 2.52. The van der Waals surface area contributed by atoms with E-state index in [0.717, 1.165) is 37.7 Å². The molecule has 1 amide bonds. The normalized spacial score (nSPS) is 23.7. The van der Waals surface area contributed by atoms with E-state index in [1.165, 1.54) is 29.4 Å². The van der Waals surface area contributed by atoms with Gasteiger partial charge in [0.25, 0.3) is 11.7 Å². The Morgan fingerprint density at radius 3 is 2.63 bits per heavy atom. The van der Waals surface area contributed by atoms with Gasteiger partial charge in [-0.15, -0.1) is 18.3 Å². The number of aryl methyl sites for hydroxylation is 1. The molecule has 3 atom stereocenters. The van der Waals surface area contributed by atoms with Gasteiger partial charge in [-0.3, -0.25) is 23.9 Å². The zero-order chi connectivity index (χ0) is 35.6. The molecule has 10 nitrogen and oxygen atoms in total. The van der Waals surface area contributed by atoms with E-state index in [0.29, 0.717) is 43.0 Å². The summed E-state index contributed by atoms with van der Waals surface area (Å²) in [7, 11) is 0. The Bertz CT molecular complexity index is 1650. The first-order valence-electron chi connectivity index (χ1n) is 16.7. The van der Waals surface area contributed by atoms with Crippen LogP contribution in [0.15, 0.2) is 48.2 Å². The number of halogens is 3. The fourth-order valence-electron chi connectivity index (χ4n) is 8.27. The molecule has 1 aromatic carbocycles. The predicted octanol–water partition coefficient (Wildman–Crippen LogP) is 6.93. The Hall–Kier alpha value is -4.29. The summed E-state index contributed by atoms with van der Waals surface area (Å²) in [6, 6.07) is 3.24. The Labute approximate surface area is 283 Å². The average Bonchev–Trinajstić information content (AvgIpc) is 3.57. The van der Waals surface area contributed by atoms with Gasteiger partial charge in [0.2, 0.25) is 0 Å². The molecular weight excluding hydrogens is 641 g/mol. The van der Waals surface area contributed by atoms with Crippen molar-refractivity contribution in [3.63, 3.8) is 0 Å². The average molecular weight is 685 g/mol. The van der Waals surface area contributed by atoms with E-state index >= 15 is 0 Å². The molecule has 1 aliphatic heterocycles. The number of aldehydes is 1. The lowest BCUT2D eigenvalue weighted by Gasteiger charge is -2.58. The maximum Gasteiger partial charge on any atom is 0.573 e. The quantitative estimate of drug-likeness (QED) is 0.0556. The van der Waals surface area contributed by atoms with Gasteiger partial charge < -0.3 is 14.4 Å². The van der Waals surface area contributed by atoms with Crippen molar-refractivity contribution in [1.29, 1.82) is 0 Å². The number of alkyl halides is 3. The first-order chi connectivity index (χ1) is 23.1. The van der Waals surface area contributed by atoms with E-state index in [-0.39, 0.29) is 47.6 Å². The Balaban J connectivity index is 1.07. The molecule has 264 valence electrons. The van der Waals surface area contributed by atoms with Gasteiger partial charge in [-0.05, 0) is 91.4 Å². The van der Waals surface area contributed by atoms with Crippen molar-refractivity contribution in [1.82, 2.24) is 15.0 Å². The van der Waals surface area contributed by atoms with Crippen LogP contribution in [0.2, 0.25) is 0 Å². The number of hydrogen-bond acceptors (Lipinski definition) is 8. The van der Waals surface area contributed by atoms with Crippen LogP contribution < -0.4 is 9.64 Å². The highest BCUT2D eigenvalue weighted by molar-refractivity contribution is 6.52. The number of nitrogens with zero attached hydrogens (tertiary/aromatic N) is 4. The summed E-state index contributed by atoms with van der Waals surface area (Å²) in [5, 5.41) is 8.07. The van der Waals surface area contributed by atoms with Gasteiger partial charge in [0.05, 0.1) is 23.9 Å². The van der Waals surface area contributed by atoms with E-state index in [1.807, 2.05) is 6.08 Å². The number of ether oxygens (including phenoxy) is 2. The summed E-state index contributed by atoms with van der Waals surface area (Å²) in [5.74, 6) is -1.96. The van der Waals surface area contributed by atoms with Gasteiger partial charge in [0.15, 0.2) is 0 Å². The van der Waals surface area contributed by atoms with E-state index in [9.17, 15) is 32.3 Å². The number of aromatic nitrogens is 3. The zero-order valence-corrected chi connectivity index (χ0v) is 28.2. The molecule has 0 bridgehead atoms. The fraction of sp³-hybridized carbons (Fsp3) is 0.556. The highest BCUT2D eigenvalue weighted by atomic mass is 19.4. The van der Waals surface area contributed by atoms with Gasteiger partial charge in [-0.2, -0.15) is 0 Å². The molecule has 2 aromatic rings. The molecule has 3 aliphatic rings. The van der Waals surface area contributed by atoms with Crippen molar-refractivity contribution in [2.45, 2.75) is 98.1 Å². The maximum atomic E-state index is 12.6. The third-order valence-electron chi connectivity index (χ3n) is 10.6. The van der Waals surface area contributed by atoms with Crippen LogP contribution in [-0.4, -0.2) is 51.8 Å². The van der Waals surface area contributed by atoms with Crippen LogP contribution in [0.3, 0.4) is 0 Å². The van der Waals surface area contributed by atoms with Crippen LogP contribution in [0.5, 0.6) is 5.75 Å². The molecular formula is C36H43F3N4O6. The van der Waals surface area contributed by atoms with Crippen LogP contribution in [0, 0.1) is 22.7 Å². The second-order valence-corrected chi connectivity index (χ2v) is 14.3. The minimum Gasteiger partial charge on any atom is -0.459 e. The number of amides is 1.